The van der Waals surface area contributed by atoms with Gasteiger partial charge < -0.3 is 11.1 Å². The standard InChI is InChI=1S/C15H15N3O2/c1-10-3-2-4-13(9-10)17-15(20)18-14(19)11-5-7-12(16)8-6-11/h2-9H,16H2,1H3,(H2,17,18,19,20). The lowest BCUT2D eigenvalue weighted by Crippen LogP contribution is -2.34. The fraction of sp³-hybridized carbons (Fsp3) is 0.0667. The molecule has 0 unspecified atom stereocenters. The first-order valence-electron chi connectivity index (χ1n) is 6.09. The number of anilines is 2. The number of nitrogen functional groups attached to an aromatic ring is 1. The van der Waals surface area contributed by atoms with Crippen molar-refractivity contribution in [3.63, 3.8) is 0 Å². The highest BCUT2D eigenvalue weighted by Crippen LogP contribution is 2.09. The van der Waals surface area contributed by atoms with Crippen molar-refractivity contribution in [2.24, 2.45) is 0 Å². The molecule has 102 valence electrons. The first kappa shape index (κ1) is 13.6. The lowest BCUT2D eigenvalue weighted by atomic mass is 10.2. The number of amides is 3. The van der Waals surface area contributed by atoms with Gasteiger partial charge in [-0.15, -0.1) is 0 Å². The van der Waals surface area contributed by atoms with Crippen molar-refractivity contribution < 1.29 is 9.59 Å². The summed E-state index contributed by atoms with van der Waals surface area (Å²) in [6, 6.07) is 13.1. The summed E-state index contributed by atoms with van der Waals surface area (Å²) >= 11 is 0. The SMILES string of the molecule is Cc1cccc(NC(=O)NC(=O)c2ccc(N)cc2)c1. The number of urea groups is 1. The van der Waals surface area contributed by atoms with Gasteiger partial charge in [0.1, 0.15) is 0 Å². The summed E-state index contributed by atoms with van der Waals surface area (Å²) in [5.41, 5.74) is 8.12. The number of nitrogens with two attached hydrogens (primary N) is 1. The minimum atomic E-state index is -0.572. The largest absolute Gasteiger partial charge is 0.399 e. The van der Waals surface area contributed by atoms with E-state index in [-0.39, 0.29) is 0 Å². The zero-order valence-electron chi connectivity index (χ0n) is 11.0. The number of imide groups is 1. The topological polar surface area (TPSA) is 84.2 Å². The van der Waals surface area contributed by atoms with Gasteiger partial charge in [-0.05, 0) is 48.9 Å². The molecule has 0 heterocycles. The van der Waals surface area contributed by atoms with Crippen LogP contribution in [0.25, 0.3) is 0 Å². The van der Waals surface area contributed by atoms with Crippen molar-refractivity contribution in [3.05, 3.63) is 59.7 Å². The molecule has 0 aromatic heterocycles. The minimum Gasteiger partial charge on any atom is -0.399 e. The Morgan fingerprint density at radius 1 is 1.05 bits per heavy atom. The molecule has 5 nitrogen and oxygen atoms in total. The molecule has 2 rings (SSSR count). The van der Waals surface area contributed by atoms with Crippen LogP contribution in [0, 0.1) is 6.92 Å². The van der Waals surface area contributed by atoms with E-state index in [0.29, 0.717) is 16.9 Å². The molecule has 3 amide bonds. The van der Waals surface area contributed by atoms with E-state index >= 15 is 0 Å². The van der Waals surface area contributed by atoms with E-state index in [0.717, 1.165) is 5.56 Å². The average molecular weight is 269 g/mol. The molecule has 0 aliphatic heterocycles. The normalized spacial score (nSPS) is 9.85. The van der Waals surface area contributed by atoms with E-state index in [2.05, 4.69) is 10.6 Å². The number of nitrogens with one attached hydrogen (secondary N) is 2. The molecule has 0 radical (unpaired) electrons. The zero-order valence-corrected chi connectivity index (χ0v) is 11.0. The highest BCUT2D eigenvalue weighted by molar-refractivity contribution is 6.08. The molecule has 0 saturated carbocycles. The molecule has 0 aliphatic carbocycles. The number of aryl methyl sites for hydroxylation is 1. The van der Waals surface area contributed by atoms with Crippen molar-refractivity contribution in [3.8, 4) is 0 Å². The molecule has 4 N–H and O–H groups in total. The smallest absolute Gasteiger partial charge is 0.326 e. The molecule has 5 heteroatoms. The third kappa shape index (κ3) is 3.58. The molecule has 0 saturated heterocycles. The fourth-order valence-electron chi connectivity index (χ4n) is 1.69. The first-order valence-corrected chi connectivity index (χ1v) is 6.09. The first-order chi connectivity index (χ1) is 9.54. The van der Waals surface area contributed by atoms with Crippen molar-refractivity contribution >= 4 is 23.3 Å². The maximum absolute atomic E-state index is 11.8. The van der Waals surface area contributed by atoms with Gasteiger partial charge in [-0.3, -0.25) is 10.1 Å². The van der Waals surface area contributed by atoms with Crippen LogP contribution in [0.4, 0.5) is 16.2 Å². The van der Waals surface area contributed by atoms with Gasteiger partial charge in [0.15, 0.2) is 0 Å². The van der Waals surface area contributed by atoms with Crippen molar-refractivity contribution in [2.75, 3.05) is 11.1 Å². The minimum absolute atomic E-state index is 0.374. The number of hydrogen-bond acceptors (Lipinski definition) is 3. The van der Waals surface area contributed by atoms with Crippen LogP contribution in [0.1, 0.15) is 15.9 Å². The van der Waals surface area contributed by atoms with Gasteiger partial charge >= 0.3 is 6.03 Å². The Hall–Kier alpha value is -2.82. The van der Waals surface area contributed by atoms with Crippen LogP contribution in [-0.4, -0.2) is 11.9 Å². The van der Waals surface area contributed by atoms with Crippen molar-refractivity contribution in [2.45, 2.75) is 6.92 Å². The second kappa shape index (κ2) is 5.88. The Balaban J connectivity index is 1.97. The Bertz CT molecular complexity index is 636. The van der Waals surface area contributed by atoms with Crippen LogP contribution >= 0.6 is 0 Å². The van der Waals surface area contributed by atoms with Gasteiger partial charge in [0.25, 0.3) is 5.91 Å². The van der Waals surface area contributed by atoms with Crippen LogP contribution in [0.2, 0.25) is 0 Å². The number of rotatable bonds is 2. The summed E-state index contributed by atoms with van der Waals surface area (Å²) in [7, 11) is 0. The predicted molar refractivity (Wildman–Crippen MR) is 78.5 cm³/mol. The molecule has 0 atom stereocenters. The van der Waals surface area contributed by atoms with Gasteiger partial charge in [-0.2, -0.15) is 0 Å². The maximum Gasteiger partial charge on any atom is 0.326 e. The molecule has 20 heavy (non-hydrogen) atoms. The molecule has 0 bridgehead atoms. The molecule has 0 aliphatic rings. The van der Waals surface area contributed by atoms with Gasteiger partial charge in [-0.1, -0.05) is 12.1 Å². The van der Waals surface area contributed by atoms with Crippen LogP contribution in [0.5, 0.6) is 0 Å². The summed E-state index contributed by atoms with van der Waals surface area (Å²) in [5, 5.41) is 4.85. The molecular weight excluding hydrogens is 254 g/mol. The van der Waals surface area contributed by atoms with E-state index in [1.165, 1.54) is 0 Å². The molecule has 0 spiro atoms. The van der Waals surface area contributed by atoms with E-state index in [1.807, 2.05) is 25.1 Å². The lowest BCUT2D eigenvalue weighted by molar-refractivity contribution is 0.0967. The number of carbonyl (C=O) groups excluding carboxylic acids is 2. The fourth-order valence-corrected chi connectivity index (χ4v) is 1.69. The highest BCUT2D eigenvalue weighted by atomic mass is 16.2. The summed E-state index contributed by atoms with van der Waals surface area (Å²) in [6.07, 6.45) is 0. The van der Waals surface area contributed by atoms with E-state index < -0.39 is 11.9 Å². The second-order valence-electron chi connectivity index (χ2n) is 4.40. The second-order valence-corrected chi connectivity index (χ2v) is 4.40. The van der Waals surface area contributed by atoms with E-state index in [1.54, 1.807) is 30.3 Å². The van der Waals surface area contributed by atoms with Crippen molar-refractivity contribution in [1.82, 2.24) is 5.32 Å². The molecule has 2 aromatic carbocycles. The molecular formula is C15H15N3O2. The van der Waals surface area contributed by atoms with Gasteiger partial charge in [0.05, 0.1) is 0 Å². The Morgan fingerprint density at radius 2 is 1.75 bits per heavy atom. The molecule has 2 aromatic rings. The third-order valence-electron chi connectivity index (χ3n) is 2.68. The predicted octanol–water partition coefficient (Wildman–Crippen LogP) is 2.54. The van der Waals surface area contributed by atoms with Gasteiger partial charge in [-0.25, -0.2) is 4.79 Å². The summed E-state index contributed by atoms with van der Waals surface area (Å²) in [4.78, 5) is 23.5. The van der Waals surface area contributed by atoms with Crippen LogP contribution in [0.15, 0.2) is 48.5 Å². The van der Waals surface area contributed by atoms with Gasteiger partial charge in [0.2, 0.25) is 0 Å². The third-order valence-corrected chi connectivity index (χ3v) is 2.68. The van der Waals surface area contributed by atoms with Crippen LogP contribution in [-0.2, 0) is 0 Å². The highest BCUT2D eigenvalue weighted by Gasteiger charge is 2.10. The monoisotopic (exact) mass is 269 g/mol. The summed E-state index contributed by atoms with van der Waals surface area (Å²) in [5.74, 6) is -0.477. The Labute approximate surface area is 116 Å². The maximum atomic E-state index is 11.8. The zero-order chi connectivity index (χ0) is 14.5. The number of hydrogen-bond donors (Lipinski definition) is 3. The quantitative estimate of drug-likeness (QED) is 0.732. The molecule has 0 fully saturated rings. The Kier molecular flexibility index (Phi) is 4.00. The van der Waals surface area contributed by atoms with Crippen molar-refractivity contribution in [1.29, 1.82) is 0 Å². The lowest BCUT2D eigenvalue weighted by Gasteiger charge is -2.07. The van der Waals surface area contributed by atoms with E-state index in [9.17, 15) is 9.59 Å². The average Bonchev–Trinajstić information content (AvgIpc) is 2.39. The number of benzene rings is 2. The summed E-state index contributed by atoms with van der Waals surface area (Å²) < 4.78 is 0. The van der Waals surface area contributed by atoms with E-state index in [4.69, 9.17) is 5.73 Å². The Morgan fingerprint density at radius 3 is 2.40 bits per heavy atom. The van der Waals surface area contributed by atoms with Crippen LogP contribution in [0.3, 0.4) is 0 Å². The van der Waals surface area contributed by atoms with Gasteiger partial charge in [0, 0.05) is 16.9 Å². The summed E-state index contributed by atoms with van der Waals surface area (Å²) in [6.45, 7) is 1.92. The van der Waals surface area contributed by atoms with Crippen LogP contribution < -0.4 is 16.4 Å². The number of carbonyl (C=O) groups is 2.